The van der Waals surface area contributed by atoms with E-state index < -0.39 is 0 Å². The largest absolute Gasteiger partial charge is 0.292 e. The van der Waals surface area contributed by atoms with E-state index in [1.54, 1.807) is 36.0 Å². The number of benzene rings is 1. The Labute approximate surface area is 105 Å². The van der Waals surface area contributed by atoms with Gasteiger partial charge in [-0.25, -0.2) is 4.39 Å². The van der Waals surface area contributed by atoms with Crippen LogP contribution in [-0.2, 0) is 19.9 Å². The Hall–Kier alpha value is -1.97. The van der Waals surface area contributed by atoms with Gasteiger partial charge in [0, 0.05) is 13.5 Å². The molecule has 0 spiro atoms. The predicted molar refractivity (Wildman–Crippen MR) is 67.0 cm³/mol. The minimum atomic E-state index is -0.344. The van der Waals surface area contributed by atoms with Crippen LogP contribution in [0.15, 0.2) is 30.3 Å². The normalized spacial score (nSPS) is 10.6. The molecule has 0 aliphatic heterocycles. The highest BCUT2D eigenvalue weighted by Crippen LogP contribution is 2.12. The van der Waals surface area contributed by atoms with Gasteiger partial charge >= 0.3 is 0 Å². The van der Waals surface area contributed by atoms with Crippen molar-refractivity contribution in [3.05, 3.63) is 53.1 Å². The first-order valence-electron chi connectivity index (χ1n) is 5.91. The fourth-order valence-corrected chi connectivity index (χ4v) is 1.87. The summed E-state index contributed by atoms with van der Waals surface area (Å²) in [6.07, 6.45) is 0.843. The summed E-state index contributed by atoms with van der Waals surface area (Å²) in [5, 5.41) is 4.22. The standard InChI is InChI=1S/C14H15FN2O/c1-3-11-9-13(17(2)16-11)14(18)8-10-6-4-5-7-12(10)15/h4-7,9H,3,8H2,1-2H3. The second-order valence-electron chi connectivity index (χ2n) is 4.19. The summed E-state index contributed by atoms with van der Waals surface area (Å²) in [5.74, 6) is -0.460. The Morgan fingerprint density at radius 3 is 2.72 bits per heavy atom. The molecular weight excluding hydrogens is 231 g/mol. The molecule has 0 unspecified atom stereocenters. The molecule has 2 aromatic rings. The van der Waals surface area contributed by atoms with Crippen LogP contribution in [0, 0.1) is 5.82 Å². The van der Waals surface area contributed by atoms with Crippen LogP contribution in [0.4, 0.5) is 4.39 Å². The van der Waals surface area contributed by atoms with Crippen molar-refractivity contribution in [1.82, 2.24) is 9.78 Å². The third kappa shape index (κ3) is 2.47. The van der Waals surface area contributed by atoms with Crippen molar-refractivity contribution in [3.8, 4) is 0 Å². The fraction of sp³-hybridized carbons (Fsp3) is 0.286. The highest BCUT2D eigenvalue weighted by atomic mass is 19.1. The topological polar surface area (TPSA) is 34.9 Å². The van der Waals surface area contributed by atoms with Crippen LogP contribution >= 0.6 is 0 Å². The van der Waals surface area contributed by atoms with Crippen LogP contribution in [0.3, 0.4) is 0 Å². The quantitative estimate of drug-likeness (QED) is 0.777. The Morgan fingerprint density at radius 1 is 1.39 bits per heavy atom. The second kappa shape index (κ2) is 5.12. The number of Topliss-reactive ketones (excluding diaryl/α,β-unsaturated/α-hetero) is 1. The molecule has 0 atom stereocenters. The van der Waals surface area contributed by atoms with Crippen LogP contribution < -0.4 is 0 Å². The molecule has 0 amide bonds. The number of halogens is 1. The zero-order chi connectivity index (χ0) is 13.1. The fourth-order valence-electron chi connectivity index (χ4n) is 1.87. The van der Waals surface area contributed by atoms with Crippen molar-refractivity contribution in [3.63, 3.8) is 0 Å². The van der Waals surface area contributed by atoms with Crippen LogP contribution in [0.2, 0.25) is 0 Å². The van der Waals surface area contributed by atoms with E-state index in [0.29, 0.717) is 11.3 Å². The summed E-state index contributed by atoms with van der Waals surface area (Å²) < 4.78 is 15.0. The van der Waals surface area contributed by atoms with E-state index in [1.807, 2.05) is 6.92 Å². The number of carbonyl (C=O) groups excluding carboxylic acids is 1. The van der Waals surface area contributed by atoms with Gasteiger partial charge in [0.2, 0.25) is 0 Å². The van der Waals surface area contributed by atoms with Gasteiger partial charge in [-0.3, -0.25) is 9.48 Å². The lowest BCUT2D eigenvalue weighted by atomic mass is 10.1. The zero-order valence-electron chi connectivity index (χ0n) is 10.5. The van der Waals surface area contributed by atoms with Gasteiger partial charge in [-0.2, -0.15) is 5.10 Å². The minimum absolute atomic E-state index is 0.0648. The monoisotopic (exact) mass is 246 g/mol. The molecule has 1 aromatic heterocycles. The average molecular weight is 246 g/mol. The summed E-state index contributed by atoms with van der Waals surface area (Å²) in [7, 11) is 1.73. The van der Waals surface area contributed by atoms with Crippen LogP contribution in [0.5, 0.6) is 0 Å². The first-order valence-corrected chi connectivity index (χ1v) is 5.91. The lowest BCUT2D eigenvalue weighted by molar-refractivity contribution is 0.0983. The van der Waals surface area contributed by atoms with Crippen molar-refractivity contribution in [2.45, 2.75) is 19.8 Å². The van der Waals surface area contributed by atoms with Gasteiger partial charge in [-0.05, 0) is 24.1 Å². The molecule has 94 valence electrons. The SMILES string of the molecule is CCc1cc(C(=O)Cc2ccccc2F)n(C)n1. The maximum Gasteiger partial charge on any atom is 0.185 e. The summed E-state index contributed by atoms with van der Waals surface area (Å²) in [6, 6.07) is 8.10. The van der Waals surface area contributed by atoms with Gasteiger partial charge in [-0.15, -0.1) is 0 Å². The van der Waals surface area contributed by atoms with Gasteiger partial charge in [-0.1, -0.05) is 25.1 Å². The molecule has 0 bridgehead atoms. The van der Waals surface area contributed by atoms with Gasteiger partial charge < -0.3 is 0 Å². The third-order valence-corrected chi connectivity index (χ3v) is 2.89. The lowest BCUT2D eigenvalue weighted by Crippen LogP contribution is -2.10. The number of hydrogen-bond donors (Lipinski definition) is 0. The molecule has 1 heterocycles. The molecule has 0 aliphatic rings. The third-order valence-electron chi connectivity index (χ3n) is 2.89. The van der Waals surface area contributed by atoms with E-state index in [1.165, 1.54) is 6.07 Å². The lowest BCUT2D eigenvalue weighted by Gasteiger charge is -2.02. The zero-order valence-corrected chi connectivity index (χ0v) is 10.5. The van der Waals surface area contributed by atoms with Crippen LogP contribution in [0.1, 0.15) is 28.7 Å². The number of ketones is 1. The van der Waals surface area contributed by atoms with E-state index in [9.17, 15) is 9.18 Å². The molecule has 3 nitrogen and oxygen atoms in total. The van der Waals surface area contributed by atoms with Crippen molar-refractivity contribution in [2.75, 3.05) is 0 Å². The molecule has 0 saturated carbocycles. The molecule has 1 aromatic carbocycles. The first-order chi connectivity index (χ1) is 8.61. The molecule has 0 fully saturated rings. The van der Waals surface area contributed by atoms with E-state index in [2.05, 4.69) is 5.10 Å². The van der Waals surface area contributed by atoms with Crippen molar-refractivity contribution >= 4 is 5.78 Å². The van der Waals surface area contributed by atoms with Crippen LogP contribution in [-0.4, -0.2) is 15.6 Å². The maximum absolute atomic E-state index is 13.5. The Bertz CT molecular complexity index is 575. The van der Waals surface area contributed by atoms with E-state index >= 15 is 0 Å². The number of aromatic nitrogens is 2. The van der Waals surface area contributed by atoms with Gasteiger partial charge in [0.1, 0.15) is 11.5 Å². The minimum Gasteiger partial charge on any atom is -0.292 e. The Morgan fingerprint density at radius 2 is 2.11 bits per heavy atom. The number of carbonyl (C=O) groups is 1. The molecule has 4 heteroatoms. The van der Waals surface area contributed by atoms with Gasteiger partial charge in [0.25, 0.3) is 0 Å². The number of hydrogen-bond acceptors (Lipinski definition) is 2. The van der Waals surface area contributed by atoms with E-state index in [-0.39, 0.29) is 18.0 Å². The van der Waals surface area contributed by atoms with Gasteiger partial charge in [0.15, 0.2) is 5.78 Å². The molecule has 18 heavy (non-hydrogen) atoms. The van der Waals surface area contributed by atoms with E-state index in [4.69, 9.17) is 0 Å². The number of nitrogens with zero attached hydrogens (tertiary/aromatic N) is 2. The molecule has 2 rings (SSSR count). The van der Waals surface area contributed by atoms with E-state index in [0.717, 1.165) is 12.1 Å². The first kappa shape index (κ1) is 12.5. The number of aryl methyl sites for hydroxylation is 2. The Kier molecular flexibility index (Phi) is 3.55. The second-order valence-corrected chi connectivity index (χ2v) is 4.19. The smallest absolute Gasteiger partial charge is 0.185 e. The Balaban J connectivity index is 2.22. The van der Waals surface area contributed by atoms with Crippen LogP contribution in [0.25, 0.3) is 0 Å². The summed E-state index contributed by atoms with van der Waals surface area (Å²) in [4.78, 5) is 12.1. The summed E-state index contributed by atoms with van der Waals surface area (Å²) in [5.41, 5.74) is 1.81. The molecular formula is C14H15FN2O. The van der Waals surface area contributed by atoms with Crippen molar-refractivity contribution in [2.24, 2.45) is 7.05 Å². The molecule has 0 saturated heterocycles. The molecule has 0 N–H and O–H groups in total. The summed E-state index contributed by atoms with van der Waals surface area (Å²) in [6.45, 7) is 1.98. The van der Waals surface area contributed by atoms with Gasteiger partial charge in [0.05, 0.1) is 5.69 Å². The highest BCUT2D eigenvalue weighted by molar-refractivity contribution is 5.96. The maximum atomic E-state index is 13.5. The van der Waals surface area contributed by atoms with Crippen molar-refractivity contribution < 1.29 is 9.18 Å². The highest BCUT2D eigenvalue weighted by Gasteiger charge is 2.14. The average Bonchev–Trinajstić information content (AvgIpc) is 2.73. The molecule has 0 radical (unpaired) electrons. The summed E-state index contributed by atoms with van der Waals surface area (Å²) >= 11 is 0. The molecule has 0 aliphatic carbocycles. The predicted octanol–water partition coefficient (Wildman–Crippen LogP) is 2.55. The van der Waals surface area contributed by atoms with Crippen molar-refractivity contribution in [1.29, 1.82) is 0 Å². The number of rotatable bonds is 4.